The molecule has 3 aromatic heterocycles. The maximum absolute atomic E-state index is 12.1. The van der Waals surface area contributed by atoms with Gasteiger partial charge in [-0.2, -0.15) is 0 Å². The Morgan fingerprint density at radius 1 is 1.11 bits per heavy atom. The maximum Gasteiger partial charge on any atom is 0.408 e. The molecule has 10 nitrogen and oxygen atoms in total. The van der Waals surface area contributed by atoms with Gasteiger partial charge in [-0.1, -0.05) is 0 Å². The van der Waals surface area contributed by atoms with Gasteiger partial charge in [-0.15, -0.1) is 0 Å². The van der Waals surface area contributed by atoms with Crippen molar-refractivity contribution in [3.8, 4) is 17.3 Å². The number of methoxy groups -OCH3 is 2. The zero-order valence-electron chi connectivity index (χ0n) is 20.8. The lowest BCUT2D eigenvalue weighted by molar-refractivity contribution is 0.0506. The second-order valence-electron chi connectivity index (χ2n) is 9.26. The van der Waals surface area contributed by atoms with E-state index in [0.29, 0.717) is 34.0 Å². The molecule has 4 rings (SSSR count). The molecule has 1 aromatic carbocycles. The molecule has 0 aliphatic carbocycles. The standard InChI is InChI=1S/C25H29N5O5/c1-13(26-24(32)35-25(2,3)4)16-9-8-14-10-18(28-21(14)27-16)22-29-17-11-15(23(31)34-7)12-19(33-6)20(17)30(22)5/h8-13H,1-7H3,(H,26,32)(H,27,28)/t13-/m1/s1. The van der Waals surface area contributed by atoms with E-state index in [-0.39, 0.29) is 6.04 Å². The van der Waals surface area contributed by atoms with Gasteiger partial charge in [-0.3, -0.25) is 0 Å². The number of H-pyrrole nitrogens is 1. The lowest BCUT2D eigenvalue weighted by Crippen LogP contribution is -2.34. The summed E-state index contributed by atoms with van der Waals surface area (Å²) in [5.74, 6) is 0.705. The summed E-state index contributed by atoms with van der Waals surface area (Å²) in [5, 5.41) is 3.70. The van der Waals surface area contributed by atoms with Gasteiger partial charge in [-0.05, 0) is 58.0 Å². The summed E-state index contributed by atoms with van der Waals surface area (Å²) in [6.07, 6.45) is -0.501. The summed E-state index contributed by atoms with van der Waals surface area (Å²) in [6.45, 7) is 7.29. The second kappa shape index (κ2) is 8.94. The number of hydrogen-bond acceptors (Lipinski definition) is 7. The predicted octanol–water partition coefficient (Wildman–Crippen LogP) is 4.50. The van der Waals surface area contributed by atoms with Crippen LogP contribution < -0.4 is 10.1 Å². The third kappa shape index (κ3) is 4.77. The van der Waals surface area contributed by atoms with Crippen LogP contribution in [-0.2, 0) is 16.5 Å². The summed E-state index contributed by atoms with van der Waals surface area (Å²) >= 11 is 0. The van der Waals surface area contributed by atoms with Crippen molar-refractivity contribution in [1.82, 2.24) is 24.8 Å². The minimum absolute atomic E-state index is 0.349. The number of aromatic amines is 1. The Kier molecular flexibility index (Phi) is 6.14. The van der Waals surface area contributed by atoms with Gasteiger partial charge in [0.15, 0.2) is 5.82 Å². The Labute approximate surface area is 202 Å². The van der Waals surface area contributed by atoms with E-state index in [1.54, 1.807) is 19.2 Å². The van der Waals surface area contributed by atoms with Gasteiger partial charge in [0.05, 0.1) is 42.7 Å². The number of hydrogen-bond donors (Lipinski definition) is 2. The van der Waals surface area contributed by atoms with Crippen molar-refractivity contribution >= 4 is 34.1 Å². The minimum Gasteiger partial charge on any atom is -0.494 e. The molecule has 10 heteroatoms. The van der Waals surface area contributed by atoms with Gasteiger partial charge in [0.1, 0.15) is 22.5 Å². The van der Waals surface area contributed by atoms with E-state index >= 15 is 0 Å². The van der Waals surface area contributed by atoms with Crippen LogP contribution in [0.2, 0.25) is 0 Å². The number of carbonyl (C=O) groups is 2. The molecular formula is C25H29N5O5. The monoisotopic (exact) mass is 479 g/mol. The summed E-state index contributed by atoms with van der Waals surface area (Å²) in [5.41, 5.74) is 3.22. The van der Waals surface area contributed by atoms with E-state index in [1.165, 1.54) is 7.11 Å². The third-order valence-corrected chi connectivity index (χ3v) is 5.49. The number of aryl methyl sites for hydroxylation is 1. The molecule has 0 unspecified atom stereocenters. The Hall–Kier alpha value is -4.08. The van der Waals surface area contributed by atoms with Crippen LogP contribution in [0.1, 0.15) is 49.8 Å². The zero-order chi connectivity index (χ0) is 25.5. The number of imidazole rings is 1. The van der Waals surface area contributed by atoms with Crippen molar-refractivity contribution in [3.63, 3.8) is 0 Å². The van der Waals surface area contributed by atoms with Crippen LogP contribution in [0, 0.1) is 0 Å². The molecule has 0 aliphatic heterocycles. The summed E-state index contributed by atoms with van der Waals surface area (Å²) in [4.78, 5) is 36.9. The Bertz CT molecular complexity index is 1430. The molecule has 3 heterocycles. The maximum atomic E-state index is 12.1. The molecule has 4 aromatic rings. The number of benzene rings is 1. The average molecular weight is 480 g/mol. The summed E-state index contributed by atoms with van der Waals surface area (Å²) < 4.78 is 17.6. The molecule has 2 N–H and O–H groups in total. The van der Waals surface area contributed by atoms with E-state index in [2.05, 4.69) is 15.3 Å². The number of fused-ring (bicyclic) bond motifs is 2. The molecule has 184 valence electrons. The first-order valence-corrected chi connectivity index (χ1v) is 11.1. The van der Waals surface area contributed by atoms with Crippen LogP contribution in [0.4, 0.5) is 4.79 Å². The highest BCUT2D eigenvalue weighted by Crippen LogP contribution is 2.32. The van der Waals surface area contributed by atoms with Crippen molar-refractivity contribution in [2.24, 2.45) is 7.05 Å². The fourth-order valence-electron chi connectivity index (χ4n) is 3.88. The van der Waals surface area contributed by atoms with Crippen molar-refractivity contribution in [2.75, 3.05) is 14.2 Å². The highest BCUT2D eigenvalue weighted by Gasteiger charge is 2.21. The number of pyridine rings is 1. The highest BCUT2D eigenvalue weighted by atomic mass is 16.6. The second-order valence-corrected chi connectivity index (χ2v) is 9.26. The number of ether oxygens (including phenoxy) is 3. The molecule has 0 fully saturated rings. The summed E-state index contributed by atoms with van der Waals surface area (Å²) in [7, 11) is 4.75. The van der Waals surface area contributed by atoms with Crippen LogP contribution in [0.25, 0.3) is 33.6 Å². The number of nitrogens with one attached hydrogen (secondary N) is 2. The molecule has 1 amide bonds. The number of aromatic nitrogens is 4. The number of rotatable bonds is 5. The van der Waals surface area contributed by atoms with Gasteiger partial charge >= 0.3 is 12.1 Å². The van der Waals surface area contributed by atoms with E-state index < -0.39 is 17.7 Å². The molecular weight excluding hydrogens is 450 g/mol. The number of alkyl carbamates (subject to hydrolysis) is 1. The van der Waals surface area contributed by atoms with E-state index in [0.717, 1.165) is 16.6 Å². The van der Waals surface area contributed by atoms with Gasteiger partial charge in [0, 0.05) is 12.4 Å². The van der Waals surface area contributed by atoms with Gasteiger partial charge in [-0.25, -0.2) is 19.6 Å². The van der Waals surface area contributed by atoms with E-state index in [1.807, 2.05) is 57.5 Å². The normalized spacial score (nSPS) is 12.5. The quantitative estimate of drug-likeness (QED) is 0.404. The molecule has 0 saturated heterocycles. The number of nitrogens with zero attached hydrogens (tertiary/aromatic N) is 3. The van der Waals surface area contributed by atoms with Crippen molar-refractivity contribution < 1.29 is 23.8 Å². The SMILES string of the molecule is COC(=O)c1cc(OC)c2c(c1)nc(-c1cc3ccc([C@@H](C)NC(=O)OC(C)(C)C)nc3[nH]1)n2C. The highest BCUT2D eigenvalue weighted by molar-refractivity contribution is 5.97. The number of esters is 1. The minimum atomic E-state index is -0.582. The predicted molar refractivity (Wildman–Crippen MR) is 131 cm³/mol. The first-order chi connectivity index (χ1) is 16.5. The third-order valence-electron chi connectivity index (χ3n) is 5.49. The Morgan fingerprint density at radius 3 is 2.51 bits per heavy atom. The van der Waals surface area contributed by atoms with Crippen LogP contribution >= 0.6 is 0 Å². The van der Waals surface area contributed by atoms with Gasteiger partial charge < -0.3 is 29.1 Å². The fourth-order valence-corrected chi connectivity index (χ4v) is 3.88. The largest absolute Gasteiger partial charge is 0.494 e. The molecule has 0 radical (unpaired) electrons. The van der Waals surface area contributed by atoms with Crippen LogP contribution in [0.3, 0.4) is 0 Å². The topological polar surface area (TPSA) is 120 Å². The first-order valence-electron chi connectivity index (χ1n) is 11.1. The fraction of sp³-hybridized carbons (Fsp3) is 0.360. The number of carbonyl (C=O) groups excluding carboxylic acids is 2. The zero-order valence-corrected chi connectivity index (χ0v) is 20.8. The number of amides is 1. The van der Waals surface area contributed by atoms with Crippen LogP contribution in [0.15, 0.2) is 30.3 Å². The smallest absolute Gasteiger partial charge is 0.408 e. The first kappa shape index (κ1) is 24.1. The molecule has 1 atom stereocenters. The summed E-state index contributed by atoms with van der Waals surface area (Å²) in [6, 6.07) is 8.71. The van der Waals surface area contributed by atoms with Crippen LogP contribution in [-0.4, -0.2) is 51.4 Å². The van der Waals surface area contributed by atoms with E-state index in [9.17, 15) is 9.59 Å². The molecule has 0 bridgehead atoms. The van der Waals surface area contributed by atoms with Crippen LogP contribution in [0.5, 0.6) is 5.75 Å². The van der Waals surface area contributed by atoms with Gasteiger partial charge in [0.2, 0.25) is 0 Å². The lowest BCUT2D eigenvalue weighted by atomic mass is 10.2. The molecule has 0 aliphatic rings. The average Bonchev–Trinajstić information content (AvgIpc) is 3.36. The van der Waals surface area contributed by atoms with Crippen molar-refractivity contribution in [3.05, 3.63) is 41.6 Å². The molecule has 35 heavy (non-hydrogen) atoms. The molecule has 0 saturated carbocycles. The van der Waals surface area contributed by atoms with Crippen molar-refractivity contribution in [2.45, 2.75) is 39.3 Å². The lowest BCUT2D eigenvalue weighted by Gasteiger charge is -2.21. The Morgan fingerprint density at radius 2 is 1.86 bits per heavy atom. The van der Waals surface area contributed by atoms with E-state index in [4.69, 9.17) is 19.2 Å². The molecule has 0 spiro atoms. The van der Waals surface area contributed by atoms with Crippen molar-refractivity contribution in [1.29, 1.82) is 0 Å². The Balaban J connectivity index is 1.69. The van der Waals surface area contributed by atoms with Gasteiger partial charge in [0.25, 0.3) is 0 Å².